The Balaban J connectivity index is 1.73. The second kappa shape index (κ2) is 4.45. The third-order valence-corrected chi connectivity index (χ3v) is 3.89. The van der Waals surface area contributed by atoms with Gasteiger partial charge in [-0.05, 0) is 31.2 Å². The Labute approximate surface area is 111 Å². The molecule has 0 spiro atoms. The van der Waals surface area contributed by atoms with Crippen LogP contribution in [0.2, 0.25) is 0 Å². The number of fused-ring (bicyclic) bond motifs is 2. The van der Waals surface area contributed by atoms with Crippen LogP contribution in [-0.2, 0) is 17.6 Å². The van der Waals surface area contributed by atoms with Crippen molar-refractivity contribution in [2.24, 2.45) is 0 Å². The van der Waals surface area contributed by atoms with E-state index in [1.807, 2.05) is 4.52 Å². The summed E-state index contributed by atoms with van der Waals surface area (Å²) in [6.45, 7) is 3.21. The number of hydrogen-bond acceptors (Lipinski definition) is 5. The van der Waals surface area contributed by atoms with Crippen LogP contribution in [0.25, 0.3) is 5.78 Å². The first-order valence-corrected chi connectivity index (χ1v) is 6.98. The van der Waals surface area contributed by atoms with E-state index in [-0.39, 0.29) is 0 Å². The highest BCUT2D eigenvalue weighted by Gasteiger charge is 2.18. The molecule has 2 aliphatic rings. The Morgan fingerprint density at radius 1 is 1.05 bits per heavy atom. The monoisotopic (exact) mass is 259 g/mol. The van der Waals surface area contributed by atoms with Gasteiger partial charge in [-0.3, -0.25) is 0 Å². The molecule has 0 N–H and O–H groups in total. The Bertz CT molecular complexity index is 559. The Hall–Kier alpha value is -1.69. The standard InChI is InChI=1S/C13H17N5O/c1-2-4-11-10(3-1)9-18-12(14-11)15-13(16-18)17-5-7-19-8-6-17/h9H,1-8H2. The summed E-state index contributed by atoms with van der Waals surface area (Å²) in [5.74, 6) is 1.50. The molecule has 6 heteroatoms. The van der Waals surface area contributed by atoms with Gasteiger partial charge in [-0.25, -0.2) is 9.50 Å². The van der Waals surface area contributed by atoms with Crippen molar-refractivity contribution in [2.75, 3.05) is 31.2 Å². The number of aromatic nitrogens is 4. The van der Waals surface area contributed by atoms with Crippen LogP contribution in [0.15, 0.2) is 6.20 Å². The van der Waals surface area contributed by atoms with Crippen LogP contribution in [0.5, 0.6) is 0 Å². The van der Waals surface area contributed by atoms with Gasteiger partial charge < -0.3 is 9.64 Å². The second-order valence-corrected chi connectivity index (χ2v) is 5.18. The van der Waals surface area contributed by atoms with Gasteiger partial charge in [0.25, 0.3) is 5.78 Å². The maximum atomic E-state index is 5.36. The zero-order valence-electron chi connectivity index (χ0n) is 10.9. The van der Waals surface area contributed by atoms with Crippen molar-refractivity contribution >= 4 is 11.7 Å². The lowest BCUT2D eigenvalue weighted by atomic mass is 9.98. The summed E-state index contributed by atoms with van der Waals surface area (Å²) in [5, 5.41) is 4.56. The smallest absolute Gasteiger partial charge is 0.254 e. The Kier molecular flexibility index (Phi) is 2.61. The molecule has 100 valence electrons. The van der Waals surface area contributed by atoms with Gasteiger partial charge in [-0.1, -0.05) is 0 Å². The topological polar surface area (TPSA) is 55.5 Å². The maximum absolute atomic E-state index is 5.36. The van der Waals surface area contributed by atoms with Crippen LogP contribution in [0.4, 0.5) is 5.95 Å². The molecule has 0 saturated carbocycles. The number of nitrogens with zero attached hydrogens (tertiary/aromatic N) is 5. The molecular formula is C13H17N5O. The van der Waals surface area contributed by atoms with Gasteiger partial charge in [0, 0.05) is 25.0 Å². The van der Waals surface area contributed by atoms with Gasteiger partial charge in [-0.2, -0.15) is 4.98 Å². The number of aryl methyl sites for hydroxylation is 2. The SMILES string of the molecule is c1c2c(nc3nc(N4CCOCC4)nn13)CCCC2. The minimum Gasteiger partial charge on any atom is -0.378 e. The fourth-order valence-corrected chi connectivity index (χ4v) is 2.81. The molecule has 0 bridgehead atoms. The Morgan fingerprint density at radius 3 is 2.79 bits per heavy atom. The lowest BCUT2D eigenvalue weighted by molar-refractivity contribution is 0.122. The number of morpholine rings is 1. The molecule has 6 nitrogen and oxygen atoms in total. The zero-order valence-corrected chi connectivity index (χ0v) is 10.9. The molecular weight excluding hydrogens is 242 g/mol. The molecule has 1 aliphatic carbocycles. The summed E-state index contributed by atoms with van der Waals surface area (Å²) in [5.41, 5.74) is 2.54. The molecule has 3 heterocycles. The average Bonchev–Trinajstić information content (AvgIpc) is 2.88. The third kappa shape index (κ3) is 1.96. The molecule has 1 aliphatic heterocycles. The number of anilines is 1. The molecule has 0 atom stereocenters. The molecule has 2 aromatic rings. The number of hydrogen-bond donors (Lipinski definition) is 0. The predicted octanol–water partition coefficient (Wildman–Crippen LogP) is 0.840. The van der Waals surface area contributed by atoms with Crippen LogP contribution in [0.3, 0.4) is 0 Å². The van der Waals surface area contributed by atoms with Crippen molar-refractivity contribution in [3.8, 4) is 0 Å². The van der Waals surface area contributed by atoms with Gasteiger partial charge in [0.2, 0.25) is 5.95 Å². The average molecular weight is 259 g/mol. The summed E-state index contributed by atoms with van der Waals surface area (Å²) < 4.78 is 7.19. The Morgan fingerprint density at radius 2 is 1.89 bits per heavy atom. The summed E-state index contributed by atoms with van der Waals surface area (Å²) >= 11 is 0. The van der Waals surface area contributed by atoms with E-state index in [1.165, 1.54) is 24.1 Å². The highest BCUT2D eigenvalue weighted by atomic mass is 16.5. The van der Waals surface area contributed by atoms with Crippen LogP contribution >= 0.6 is 0 Å². The second-order valence-electron chi connectivity index (χ2n) is 5.18. The van der Waals surface area contributed by atoms with Gasteiger partial charge in [0.05, 0.1) is 13.2 Å². The number of rotatable bonds is 1. The van der Waals surface area contributed by atoms with E-state index in [2.05, 4.69) is 26.2 Å². The van der Waals surface area contributed by atoms with Crippen LogP contribution in [-0.4, -0.2) is 45.9 Å². The normalized spacial score (nSPS) is 19.7. The fourth-order valence-electron chi connectivity index (χ4n) is 2.81. The van der Waals surface area contributed by atoms with Crippen LogP contribution in [0.1, 0.15) is 24.1 Å². The first kappa shape index (κ1) is 11.2. The summed E-state index contributed by atoms with van der Waals surface area (Å²) in [6, 6.07) is 0. The van der Waals surface area contributed by atoms with Crippen molar-refractivity contribution in [3.05, 3.63) is 17.5 Å². The quantitative estimate of drug-likeness (QED) is 0.759. The van der Waals surface area contributed by atoms with E-state index >= 15 is 0 Å². The molecule has 1 saturated heterocycles. The molecule has 0 unspecified atom stereocenters. The van der Waals surface area contributed by atoms with Gasteiger partial charge >= 0.3 is 0 Å². The molecule has 0 aromatic carbocycles. The van der Waals surface area contributed by atoms with Crippen LogP contribution < -0.4 is 4.90 Å². The van der Waals surface area contributed by atoms with Gasteiger partial charge in [0.1, 0.15) is 0 Å². The largest absolute Gasteiger partial charge is 0.378 e. The molecule has 19 heavy (non-hydrogen) atoms. The van der Waals surface area contributed by atoms with Crippen LogP contribution in [0, 0.1) is 0 Å². The van der Waals surface area contributed by atoms with E-state index in [9.17, 15) is 0 Å². The molecule has 0 radical (unpaired) electrons. The van der Waals surface area contributed by atoms with Gasteiger partial charge in [0.15, 0.2) is 0 Å². The first-order valence-electron chi connectivity index (χ1n) is 6.98. The van der Waals surface area contributed by atoms with Crippen molar-refractivity contribution in [1.82, 2.24) is 19.6 Å². The van der Waals surface area contributed by atoms with E-state index in [1.54, 1.807) is 0 Å². The lowest BCUT2D eigenvalue weighted by Crippen LogP contribution is -2.36. The molecule has 4 rings (SSSR count). The van der Waals surface area contributed by atoms with E-state index in [0.717, 1.165) is 50.9 Å². The van der Waals surface area contributed by atoms with Crippen molar-refractivity contribution < 1.29 is 4.74 Å². The van der Waals surface area contributed by atoms with Gasteiger partial charge in [-0.15, -0.1) is 5.10 Å². The summed E-state index contributed by atoms with van der Waals surface area (Å²) in [6.07, 6.45) is 6.79. The minimum atomic E-state index is 0.724. The summed E-state index contributed by atoms with van der Waals surface area (Å²) in [4.78, 5) is 11.4. The molecule has 0 amide bonds. The van der Waals surface area contributed by atoms with Crippen molar-refractivity contribution in [3.63, 3.8) is 0 Å². The summed E-state index contributed by atoms with van der Waals surface area (Å²) in [7, 11) is 0. The van der Waals surface area contributed by atoms with E-state index < -0.39 is 0 Å². The van der Waals surface area contributed by atoms with E-state index in [4.69, 9.17) is 4.74 Å². The highest BCUT2D eigenvalue weighted by Crippen LogP contribution is 2.20. The zero-order chi connectivity index (χ0) is 12.7. The first-order chi connectivity index (χ1) is 9.40. The minimum absolute atomic E-state index is 0.724. The maximum Gasteiger partial charge on any atom is 0.254 e. The highest BCUT2D eigenvalue weighted by molar-refractivity contribution is 5.41. The third-order valence-electron chi connectivity index (χ3n) is 3.89. The van der Waals surface area contributed by atoms with Crippen molar-refractivity contribution in [1.29, 1.82) is 0 Å². The molecule has 2 aromatic heterocycles. The fraction of sp³-hybridized carbons (Fsp3) is 0.615. The number of ether oxygens (including phenoxy) is 1. The molecule has 1 fully saturated rings. The predicted molar refractivity (Wildman–Crippen MR) is 70.5 cm³/mol. The van der Waals surface area contributed by atoms with Crippen molar-refractivity contribution in [2.45, 2.75) is 25.7 Å². The van der Waals surface area contributed by atoms with E-state index in [0.29, 0.717) is 0 Å². The lowest BCUT2D eigenvalue weighted by Gasteiger charge is -2.25.